The van der Waals surface area contributed by atoms with E-state index in [0.717, 1.165) is 0 Å². The summed E-state index contributed by atoms with van der Waals surface area (Å²) in [5, 5.41) is 5.30. The van der Waals surface area contributed by atoms with E-state index in [9.17, 15) is 14.4 Å². The van der Waals surface area contributed by atoms with Crippen molar-refractivity contribution >= 4 is 29.3 Å². The van der Waals surface area contributed by atoms with Gasteiger partial charge in [0.25, 0.3) is 5.91 Å². The van der Waals surface area contributed by atoms with Crippen molar-refractivity contribution in [3.63, 3.8) is 0 Å². The lowest BCUT2D eigenvalue weighted by atomic mass is 10.2. The second kappa shape index (κ2) is 8.31. The Morgan fingerprint density at radius 3 is 2.11 bits per heavy atom. The van der Waals surface area contributed by atoms with E-state index >= 15 is 0 Å². The van der Waals surface area contributed by atoms with Gasteiger partial charge in [-0.05, 0) is 45.0 Å². The van der Waals surface area contributed by atoms with E-state index in [1.54, 1.807) is 45.0 Å². The summed E-state index contributed by atoms with van der Waals surface area (Å²) in [4.78, 5) is 39.7. The molecule has 0 bridgehead atoms. The van der Waals surface area contributed by atoms with E-state index in [0.29, 0.717) is 11.4 Å². The minimum Gasteiger partial charge on any atom is -0.464 e. The number of benzene rings is 1. The van der Waals surface area contributed by atoms with Crippen molar-refractivity contribution in [3.05, 3.63) is 53.9 Å². The smallest absolute Gasteiger partial charge is 0.412 e. The third-order valence-corrected chi connectivity index (χ3v) is 3.23. The maximum absolute atomic E-state index is 12.4. The third kappa shape index (κ3) is 5.81. The number of pyridine rings is 1. The minimum atomic E-state index is -0.644. The molecule has 2 N–H and O–H groups in total. The van der Waals surface area contributed by atoms with Crippen LogP contribution < -0.4 is 10.6 Å². The van der Waals surface area contributed by atoms with E-state index in [4.69, 9.17) is 4.74 Å². The van der Waals surface area contributed by atoms with Gasteiger partial charge >= 0.3 is 12.1 Å². The van der Waals surface area contributed by atoms with Gasteiger partial charge in [0.05, 0.1) is 24.0 Å². The number of aromatic nitrogens is 1. The summed E-state index contributed by atoms with van der Waals surface area (Å²) >= 11 is 0. The number of para-hydroxylation sites is 2. The Bertz CT molecular complexity index is 841. The SMILES string of the molecule is COC(=O)c1ccc(C(=O)Nc2ccccc2NC(=O)OC(C)(C)C)cn1. The number of rotatable bonds is 4. The maximum Gasteiger partial charge on any atom is 0.412 e. The fourth-order valence-electron chi connectivity index (χ4n) is 2.06. The van der Waals surface area contributed by atoms with Crippen molar-refractivity contribution in [2.75, 3.05) is 17.7 Å². The highest BCUT2D eigenvalue weighted by molar-refractivity contribution is 6.07. The van der Waals surface area contributed by atoms with Crippen molar-refractivity contribution < 1.29 is 23.9 Å². The van der Waals surface area contributed by atoms with Crippen molar-refractivity contribution in [1.82, 2.24) is 4.98 Å². The molecule has 1 aromatic carbocycles. The van der Waals surface area contributed by atoms with Gasteiger partial charge in [0.15, 0.2) is 0 Å². The molecule has 0 unspecified atom stereocenters. The first-order valence-electron chi connectivity index (χ1n) is 8.14. The molecular formula is C19H21N3O5. The molecule has 2 amide bonds. The molecule has 0 saturated heterocycles. The predicted molar refractivity (Wildman–Crippen MR) is 99.8 cm³/mol. The fourth-order valence-corrected chi connectivity index (χ4v) is 2.06. The van der Waals surface area contributed by atoms with E-state index in [2.05, 4.69) is 20.4 Å². The Balaban J connectivity index is 2.12. The number of methoxy groups -OCH3 is 1. The number of nitrogens with zero attached hydrogens (tertiary/aromatic N) is 1. The lowest BCUT2D eigenvalue weighted by molar-refractivity contribution is 0.0591. The molecule has 2 rings (SSSR count). The van der Waals surface area contributed by atoms with Crippen LogP contribution in [0.3, 0.4) is 0 Å². The summed E-state index contributed by atoms with van der Waals surface area (Å²) in [5.41, 5.74) is 0.482. The van der Waals surface area contributed by atoms with Gasteiger partial charge in [0.1, 0.15) is 11.3 Å². The maximum atomic E-state index is 12.4. The van der Waals surface area contributed by atoms with Crippen LogP contribution in [0.5, 0.6) is 0 Å². The van der Waals surface area contributed by atoms with Crippen molar-refractivity contribution in [1.29, 1.82) is 0 Å². The highest BCUT2D eigenvalue weighted by Crippen LogP contribution is 2.22. The largest absolute Gasteiger partial charge is 0.464 e. The van der Waals surface area contributed by atoms with Crippen LogP contribution in [0.1, 0.15) is 41.6 Å². The average molecular weight is 371 g/mol. The van der Waals surface area contributed by atoms with Crippen molar-refractivity contribution in [2.24, 2.45) is 0 Å². The highest BCUT2D eigenvalue weighted by Gasteiger charge is 2.18. The van der Waals surface area contributed by atoms with Crippen LogP contribution in [0.2, 0.25) is 0 Å². The molecule has 0 spiro atoms. The Morgan fingerprint density at radius 1 is 0.963 bits per heavy atom. The standard InChI is InChI=1S/C19H21N3O5/c1-19(2,3)27-18(25)22-14-8-6-5-7-13(14)21-16(23)12-9-10-15(20-11-12)17(24)26-4/h5-11H,1-4H3,(H,21,23)(H,22,25). The Morgan fingerprint density at radius 2 is 1.59 bits per heavy atom. The molecule has 0 aliphatic carbocycles. The Hall–Kier alpha value is -3.42. The summed E-state index contributed by atoms with van der Waals surface area (Å²) in [7, 11) is 1.25. The molecular weight excluding hydrogens is 350 g/mol. The first-order valence-corrected chi connectivity index (χ1v) is 8.14. The fraction of sp³-hybridized carbons (Fsp3) is 0.263. The minimum absolute atomic E-state index is 0.0982. The second-order valence-electron chi connectivity index (χ2n) is 6.55. The first kappa shape index (κ1) is 19.9. The van der Waals surface area contributed by atoms with Gasteiger partial charge in [-0.25, -0.2) is 14.6 Å². The highest BCUT2D eigenvalue weighted by atomic mass is 16.6. The lowest BCUT2D eigenvalue weighted by Crippen LogP contribution is -2.27. The van der Waals surface area contributed by atoms with Crippen LogP contribution in [0, 0.1) is 0 Å². The molecule has 142 valence electrons. The average Bonchev–Trinajstić information content (AvgIpc) is 2.61. The quantitative estimate of drug-likeness (QED) is 0.797. The zero-order chi connectivity index (χ0) is 20.0. The number of carbonyl (C=O) groups excluding carboxylic acids is 3. The monoisotopic (exact) mass is 371 g/mol. The molecule has 1 heterocycles. The third-order valence-electron chi connectivity index (χ3n) is 3.23. The van der Waals surface area contributed by atoms with E-state index < -0.39 is 23.6 Å². The number of hydrogen-bond donors (Lipinski definition) is 2. The van der Waals surface area contributed by atoms with Crippen molar-refractivity contribution in [2.45, 2.75) is 26.4 Å². The van der Waals surface area contributed by atoms with Gasteiger partial charge in [0, 0.05) is 6.20 Å². The summed E-state index contributed by atoms with van der Waals surface area (Å²) in [6.07, 6.45) is 0.638. The summed E-state index contributed by atoms with van der Waals surface area (Å²) in [5.74, 6) is -1.04. The number of esters is 1. The van der Waals surface area contributed by atoms with Crippen LogP contribution >= 0.6 is 0 Å². The van der Waals surface area contributed by atoms with Crippen LogP contribution in [-0.2, 0) is 9.47 Å². The number of ether oxygens (including phenoxy) is 2. The van der Waals surface area contributed by atoms with Gasteiger partial charge in [0.2, 0.25) is 0 Å². The molecule has 0 saturated carbocycles. The number of amides is 2. The topological polar surface area (TPSA) is 107 Å². The predicted octanol–water partition coefficient (Wildman–Crippen LogP) is 3.47. The molecule has 0 radical (unpaired) electrons. The van der Waals surface area contributed by atoms with Crippen LogP contribution in [0.25, 0.3) is 0 Å². The number of anilines is 2. The Labute approximate surface area is 156 Å². The lowest BCUT2D eigenvalue weighted by Gasteiger charge is -2.20. The molecule has 0 aliphatic rings. The number of nitrogens with one attached hydrogen (secondary N) is 2. The van der Waals surface area contributed by atoms with Gasteiger partial charge in [-0.1, -0.05) is 12.1 Å². The van der Waals surface area contributed by atoms with Crippen LogP contribution in [0.15, 0.2) is 42.6 Å². The summed E-state index contributed by atoms with van der Waals surface area (Å²) in [6, 6.07) is 9.56. The summed E-state index contributed by atoms with van der Waals surface area (Å²) < 4.78 is 9.78. The molecule has 2 aromatic rings. The zero-order valence-electron chi connectivity index (χ0n) is 15.5. The molecule has 8 nitrogen and oxygen atoms in total. The van der Waals surface area contributed by atoms with Gasteiger partial charge in [-0.2, -0.15) is 0 Å². The normalized spacial score (nSPS) is 10.7. The molecule has 0 atom stereocenters. The molecule has 0 aliphatic heterocycles. The van der Waals surface area contributed by atoms with E-state index in [1.807, 2.05) is 0 Å². The molecule has 0 fully saturated rings. The van der Waals surface area contributed by atoms with Crippen LogP contribution in [0.4, 0.5) is 16.2 Å². The van der Waals surface area contributed by atoms with E-state index in [-0.39, 0.29) is 11.3 Å². The first-order chi connectivity index (χ1) is 12.7. The molecule has 27 heavy (non-hydrogen) atoms. The van der Waals surface area contributed by atoms with E-state index in [1.165, 1.54) is 25.4 Å². The molecule has 8 heteroatoms. The van der Waals surface area contributed by atoms with Gasteiger partial charge < -0.3 is 14.8 Å². The second-order valence-corrected chi connectivity index (χ2v) is 6.55. The molecule has 1 aromatic heterocycles. The zero-order valence-corrected chi connectivity index (χ0v) is 15.5. The van der Waals surface area contributed by atoms with Gasteiger partial charge in [-0.3, -0.25) is 10.1 Å². The number of carbonyl (C=O) groups is 3. The van der Waals surface area contributed by atoms with Gasteiger partial charge in [-0.15, -0.1) is 0 Å². The Kier molecular flexibility index (Phi) is 6.12. The summed E-state index contributed by atoms with van der Waals surface area (Å²) in [6.45, 7) is 5.27. The number of hydrogen-bond acceptors (Lipinski definition) is 6. The van der Waals surface area contributed by atoms with Crippen molar-refractivity contribution in [3.8, 4) is 0 Å². The van der Waals surface area contributed by atoms with Crippen LogP contribution in [-0.4, -0.2) is 35.7 Å².